The highest BCUT2D eigenvalue weighted by Crippen LogP contribution is 2.25. The number of aromatic nitrogens is 2. The van der Waals surface area contributed by atoms with Gasteiger partial charge in [-0.2, -0.15) is 0 Å². The third kappa shape index (κ3) is 5.38. The van der Waals surface area contributed by atoms with Gasteiger partial charge in [0.1, 0.15) is 0 Å². The van der Waals surface area contributed by atoms with Crippen LogP contribution in [-0.4, -0.2) is 22.0 Å². The number of amides is 2. The van der Waals surface area contributed by atoms with Gasteiger partial charge >= 0.3 is 0 Å². The first-order chi connectivity index (χ1) is 16.2. The molecule has 7 heteroatoms. The molecule has 7 nitrogen and oxygen atoms in total. The second-order valence-electron chi connectivity index (χ2n) is 9.10. The number of aryl methyl sites for hydroxylation is 1. The SMILES string of the molecule is Cc1cccc(-c2nnc(-c3ccc(C(=O)Nc4cccc(NC(=O)C(C)(C)C)c4)cc3)o2)c1. The van der Waals surface area contributed by atoms with Gasteiger partial charge in [-0.05, 0) is 61.5 Å². The summed E-state index contributed by atoms with van der Waals surface area (Å²) in [6.07, 6.45) is 0. The zero-order valence-corrected chi connectivity index (χ0v) is 19.5. The van der Waals surface area contributed by atoms with Crippen molar-refractivity contribution in [1.82, 2.24) is 10.2 Å². The molecule has 0 aliphatic rings. The maximum atomic E-state index is 12.7. The lowest BCUT2D eigenvalue weighted by molar-refractivity contribution is -0.123. The van der Waals surface area contributed by atoms with Crippen molar-refractivity contribution in [2.45, 2.75) is 27.7 Å². The summed E-state index contributed by atoms with van der Waals surface area (Å²) >= 11 is 0. The lowest BCUT2D eigenvalue weighted by atomic mass is 9.95. The molecule has 0 aliphatic carbocycles. The number of hydrogen-bond acceptors (Lipinski definition) is 5. The van der Waals surface area contributed by atoms with Gasteiger partial charge in [-0.25, -0.2) is 0 Å². The Bertz CT molecular complexity index is 1330. The van der Waals surface area contributed by atoms with E-state index in [2.05, 4.69) is 20.8 Å². The summed E-state index contributed by atoms with van der Waals surface area (Å²) in [4.78, 5) is 24.9. The third-order valence-electron chi connectivity index (χ3n) is 5.14. The van der Waals surface area contributed by atoms with E-state index in [1.165, 1.54) is 0 Å². The van der Waals surface area contributed by atoms with Gasteiger partial charge in [0.2, 0.25) is 17.7 Å². The lowest BCUT2D eigenvalue weighted by Crippen LogP contribution is -2.27. The summed E-state index contributed by atoms with van der Waals surface area (Å²) in [6.45, 7) is 7.53. The Labute approximate surface area is 198 Å². The van der Waals surface area contributed by atoms with Crippen LogP contribution >= 0.6 is 0 Å². The van der Waals surface area contributed by atoms with E-state index in [9.17, 15) is 9.59 Å². The van der Waals surface area contributed by atoms with Crippen molar-refractivity contribution < 1.29 is 14.0 Å². The zero-order chi connectivity index (χ0) is 24.3. The van der Waals surface area contributed by atoms with Crippen molar-refractivity contribution in [3.05, 3.63) is 83.9 Å². The molecule has 0 saturated carbocycles. The zero-order valence-electron chi connectivity index (χ0n) is 19.5. The normalized spacial score (nSPS) is 11.2. The van der Waals surface area contributed by atoms with Crippen LogP contribution in [0.2, 0.25) is 0 Å². The van der Waals surface area contributed by atoms with Gasteiger partial charge in [-0.3, -0.25) is 9.59 Å². The van der Waals surface area contributed by atoms with Crippen LogP contribution < -0.4 is 10.6 Å². The average Bonchev–Trinajstić information content (AvgIpc) is 3.29. The molecule has 0 spiro atoms. The first-order valence-electron chi connectivity index (χ1n) is 10.9. The molecule has 1 aromatic heterocycles. The summed E-state index contributed by atoms with van der Waals surface area (Å²) in [6, 6.07) is 21.8. The van der Waals surface area contributed by atoms with Gasteiger partial charge in [0, 0.05) is 33.5 Å². The lowest BCUT2D eigenvalue weighted by Gasteiger charge is -2.18. The Hall–Kier alpha value is -4.26. The van der Waals surface area contributed by atoms with Gasteiger partial charge in [0.05, 0.1) is 0 Å². The number of anilines is 2. The molecule has 172 valence electrons. The number of hydrogen-bond donors (Lipinski definition) is 2. The van der Waals surface area contributed by atoms with E-state index in [-0.39, 0.29) is 11.8 Å². The largest absolute Gasteiger partial charge is 0.416 e. The fraction of sp³-hybridized carbons (Fsp3) is 0.185. The minimum Gasteiger partial charge on any atom is -0.416 e. The fourth-order valence-electron chi connectivity index (χ4n) is 3.20. The highest BCUT2D eigenvalue weighted by molar-refractivity contribution is 6.05. The smallest absolute Gasteiger partial charge is 0.255 e. The van der Waals surface area contributed by atoms with Crippen LogP contribution in [-0.2, 0) is 4.79 Å². The standard InChI is InChI=1S/C27H26N4O3/c1-17-7-5-8-20(15-17)25-31-30-24(34-25)19-13-11-18(12-14-19)23(32)28-21-9-6-10-22(16-21)29-26(33)27(2,3)4/h5-16H,1-4H3,(H,28,32)(H,29,33). The number of nitrogens with one attached hydrogen (secondary N) is 2. The van der Waals surface area contributed by atoms with E-state index in [4.69, 9.17) is 4.42 Å². The molecule has 4 rings (SSSR count). The molecule has 2 amide bonds. The monoisotopic (exact) mass is 454 g/mol. The van der Waals surface area contributed by atoms with Gasteiger partial charge in [-0.1, -0.05) is 44.5 Å². The minimum atomic E-state index is -0.514. The van der Waals surface area contributed by atoms with Crippen molar-refractivity contribution in [3.8, 4) is 22.9 Å². The van der Waals surface area contributed by atoms with Crippen LogP contribution in [0.5, 0.6) is 0 Å². The molecule has 3 aromatic carbocycles. The van der Waals surface area contributed by atoms with E-state index < -0.39 is 5.41 Å². The van der Waals surface area contributed by atoms with E-state index in [0.717, 1.165) is 16.7 Å². The maximum Gasteiger partial charge on any atom is 0.255 e. The molecule has 4 aromatic rings. The van der Waals surface area contributed by atoms with Crippen molar-refractivity contribution in [1.29, 1.82) is 0 Å². The third-order valence-corrected chi connectivity index (χ3v) is 5.14. The molecule has 2 N–H and O–H groups in total. The minimum absolute atomic E-state index is 0.0989. The first kappa shape index (κ1) is 22.9. The van der Waals surface area contributed by atoms with Crippen molar-refractivity contribution >= 4 is 23.2 Å². The van der Waals surface area contributed by atoms with Crippen molar-refractivity contribution in [2.75, 3.05) is 10.6 Å². The molecule has 34 heavy (non-hydrogen) atoms. The van der Waals surface area contributed by atoms with Crippen LogP contribution in [0.3, 0.4) is 0 Å². The van der Waals surface area contributed by atoms with Gasteiger partial charge < -0.3 is 15.1 Å². The van der Waals surface area contributed by atoms with Gasteiger partial charge in [-0.15, -0.1) is 10.2 Å². The van der Waals surface area contributed by atoms with Crippen LogP contribution in [0.25, 0.3) is 22.9 Å². The van der Waals surface area contributed by atoms with Gasteiger partial charge in [0.15, 0.2) is 0 Å². The molecule has 1 heterocycles. The molecular formula is C27H26N4O3. The maximum absolute atomic E-state index is 12.7. The Kier molecular flexibility index (Phi) is 6.27. The van der Waals surface area contributed by atoms with Crippen molar-refractivity contribution in [3.63, 3.8) is 0 Å². The number of carbonyl (C=O) groups excluding carboxylic acids is 2. The first-order valence-corrected chi connectivity index (χ1v) is 10.9. The van der Waals surface area contributed by atoms with Crippen LogP contribution in [0, 0.1) is 12.3 Å². The summed E-state index contributed by atoms with van der Waals surface area (Å²) in [5.41, 5.74) is 3.85. The average molecular weight is 455 g/mol. The molecule has 0 aliphatic heterocycles. The molecule has 0 saturated heterocycles. The topological polar surface area (TPSA) is 97.1 Å². The number of nitrogens with zero attached hydrogens (tertiary/aromatic N) is 2. The molecule has 0 unspecified atom stereocenters. The van der Waals surface area contributed by atoms with E-state index in [1.807, 2.05) is 52.0 Å². The Morgan fingerprint density at radius 1 is 0.765 bits per heavy atom. The highest BCUT2D eigenvalue weighted by atomic mass is 16.4. The highest BCUT2D eigenvalue weighted by Gasteiger charge is 2.21. The predicted molar refractivity (Wildman–Crippen MR) is 132 cm³/mol. The molecule has 0 atom stereocenters. The van der Waals surface area contributed by atoms with Gasteiger partial charge in [0.25, 0.3) is 5.91 Å². The predicted octanol–water partition coefficient (Wildman–Crippen LogP) is 5.95. The summed E-state index contributed by atoms with van der Waals surface area (Å²) < 4.78 is 5.82. The van der Waals surface area contributed by atoms with Crippen LogP contribution in [0.4, 0.5) is 11.4 Å². The Morgan fingerprint density at radius 3 is 2.03 bits per heavy atom. The molecule has 0 fully saturated rings. The summed E-state index contributed by atoms with van der Waals surface area (Å²) in [5.74, 6) is 0.458. The molecule has 0 radical (unpaired) electrons. The van der Waals surface area contributed by atoms with Crippen LogP contribution in [0.1, 0.15) is 36.7 Å². The number of benzene rings is 3. The second kappa shape index (κ2) is 9.31. The van der Waals surface area contributed by atoms with E-state index in [1.54, 1.807) is 48.5 Å². The van der Waals surface area contributed by atoms with Crippen molar-refractivity contribution in [2.24, 2.45) is 5.41 Å². The Balaban J connectivity index is 1.44. The molecule has 0 bridgehead atoms. The summed E-state index contributed by atoms with van der Waals surface area (Å²) in [7, 11) is 0. The van der Waals surface area contributed by atoms with E-state index >= 15 is 0 Å². The van der Waals surface area contributed by atoms with Crippen LogP contribution in [0.15, 0.2) is 77.2 Å². The Morgan fingerprint density at radius 2 is 1.38 bits per heavy atom. The number of rotatable bonds is 5. The fourth-order valence-corrected chi connectivity index (χ4v) is 3.20. The van der Waals surface area contributed by atoms with E-state index in [0.29, 0.717) is 28.7 Å². The molecular weight excluding hydrogens is 428 g/mol. The summed E-state index contributed by atoms with van der Waals surface area (Å²) in [5, 5.41) is 14.0. The second-order valence-corrected chi connectivity index (χ2v) is 9.10. The number of carbonyl (C=O) groups is 2. The quantitative estimate of drug-likeness (QED) is 0.388.